The topological polar surface area (TPSA) is 41.1 Å². The number of nitrogens with one attached hydrogen (secondary N) is 2. The first-order valence-electron chi connectivity index (χ1n) is 7.20. The van der Waals surface area contributed by atoms with Gasteiger partial charge in [0.25, 0.3) is 0 Å². The second kappa shape index (κ2) is 7.65. The number of para-hydroxylation sites is 1. The molecule has 1 aliphatic heterocycles. The van der Waals surface area contributed by atoms with E-state index in [4.69, 9.17) is 0 Å². The van der Waals surface area contributed by atoms with E-state index in [1.807, 2.05) is 0 Å². The highest BCUT2D eigenvalue weighted by Crippen LogP contribution is 2.28. The van der Waals surface area contributed by atoms with Crippen LogP contribution in [0.4, 0.5) is 5.69 Å². The fraction of sp³-hybridized carbons (Fsp3) is 0.562. The Labute approximate surface area is 127 Å². The standard InChI is InChI=1S/C16H24N2O.ClH/c1-11(2)14-8-4-6-12(3)15(14)18-16(19)13-7-5-9-17-10-13;/h4,6,8,11,13,17H,5,7,9-10H2,1-3H3,(H,18,19);1H. The Morgan fingerprint density at radius 1 is 1.40 bits per heavy atom. The summed E-state index contributed by atoms with van der Waals surface area (Å²) in [7, 11) is 0. The van der Waals surface area contributed by atoms with E-state index in [9.17, 15) is 4.79 Å². The second-order valence-corrected chi connectivity index (χ2v) is 5.73. The third-order valence-corrected chi connectivity index (χ3v) is 3.84. The van der Waals surface area contributed by atoms with Gasteiger partial charge in [-0.25, -0.2) is 0 Å². The zero-order valence-electron chi connectivity index (χ0n) is 12.5. The van der Waals surface area contributed by atoms with Crippen molar-refractivity contribution in [2.45, 2.75) is 39.5 Å². The van der Waals surface area contributed by atoms with Crippen LogP contribution < -0.4 is 10.6 Å². The first-order valence-corrected chi connectivity index (χ1v) is 7.20. The summed E-state index contributed by atoms with van der Waals surface area (Å²) in [5.41, 5.74) is 3.37. The molecule has 0 radical (unpaired) electrons. The predicted molar refractivity (Wildman–Crippen MR) is 86.7 cm³/mol. The van der Waals surface area contributed by atoms with Crippen molar-refractivity contribution in [2.75, 3.05) is 18.4 Å². The highest BCUT2D eigenvalue weighted by molar-refractivity contribution is 5.94. The molecule has 0 bridgehead atoms. The lowest BCUT2D eigenvalue weighted by molar-refractivity contribution is -0.120. The molecule has 1 heterocycles. The number of piperidine rings is 1. The number of carbonyl (C=O) groups excluding carboxylic acids is 1. The maximum absolute atomic E-state index is 12.3. The van der Waals surface area contributed by atoms with Crippen LogP contribution in [-0.4, -0.2) is 19.0 Å². The van der Waals surface area contributed by atoms with Crippen molar-refractivity contribution >= 4 is 24.0 Å². The molecule has 1 aliphatic rings. The summed E-state index contributed by atoms with van der Waals surface area (Å²) in [5.74, 6) is 0.677. The fourth-order valence-electron chi connectivity index (χ4n) is 2.64. The molecule has 1 atom stereocenters. The van der Waals surface area contributed by atoms with E-state index >= 15 is 0 Å². The molecule has 0 aliphatic carbocycles. The number of anilines is 1. The summed E-state index contributed by atoms with van der Waals surface area (Å²) in [6.45, 7) is 8.21. The fourth-order valence-corrected chi connectivity index (χ4v) is 2.64. The Balaban J connectivity index is 0.00000200. The van der Waals surface area contributed by atoms with Crippen LogP contribution in [0, 0.1) is 12.8 Å². The van der Waals surface area contributed by atoms with Gasteiger partial charge in [0.05, 0.1) is 5.92 Å². The Bertz CT molecular complexity index is 454. The molecule has 2 rings (SSSR count). The van der Waals surface area contributed by atoms with Crippen molar-refractivity contribution in [1.29, 1.82) is 0 Å². The first kappa shape index (κ1) is 17.0. The van der Waals surface area contributed by atoms with Crippen LogP contribution >= 0.6 is 12.4 Å². The summed E-state index contributed by atoms with van der Waals surface area (Å²) < 4.78 is 0. The van der Waals surface area contributed by atoms with Gasteiger partial charge < -0.3 is 10.6 Å². The summed E-state index contributed by atoms with van der Waals surface area (Å²) in [4.78, 5) is 12.3. The van der Waals surface area contributed by atoms with Gasteiger partial charge in [-0.2, -0.15) is 0 Å². The van der Waals surface area contributed by atoms with Crippen molar-refractivity contribution in [3.8, 4) is 0 Å². The number of hydrogen-bond donors (Lipinski definition) is 2. The highest BCUT2D eigenvalue weighted by atomic mass is 35.5. The van der Waals surface area contributed by atoms with Crippen LogP contribution in [0.15, 0.2) is 18.2 Å². The van der Waals surface area contributed by atoms with Crippen LogP contribution in [0.3, 0.4) is 0 Å². The molecule has 3 nitrogen and oxygen atoms in total. The van der Waals surface area contributed by atoms with Gasteiger partial charge in [0.1, 0.15) is 0 Å². The summed E-state index contributed by atoms with van der Waals surface area (Å²) >= 11 is 0. The summed E-state index contributed by atoms with van der Waals surface area (Å²) in [6.07, 6.45) is 2.07. The number of halogens is 1. The largest absolute Gasteiger partial charge is 0.325 e. The Kier molecular flexibility index (Phi) is 6.50. The van der Waals surface area contributed by atoms with Crippen LogP contribution in [0.1, 0.15) is 43.7 Å². The third-order valence-electron chi connectivity index (χ3n) is 3.84. The molecule has 20 heavy (non-hydrogen) atoms. The lowest BCUT2D eigenvalue weighted by Crippen LogP contribution is -2.37. The SMILES string of the molecule is Cc1cccc(C(C)C)c1NC(=O)C1CCCNC1.Cl. The lowest BCUT2D eigenvalue weighted by Gasteiger charge is -2.24. The molecule has 112 valence electrons. The predicted octanol–water partition coefficient (Wildman–Crippen LogP) is 3.48. The normalized spacial score (nSPS) is 18.5. The van der Waals surface area contributed by atoms with Crippen molar-refractivity contribution < 1.29 is 4.79 Å². The maximum Gasteiger partial charge on any atom is 0.228 e. The van der Waals surface area contributed by atoms with Gasteiger partial charge in [-0.3, -0.25) is 4.79 Å². The van der Waals surface area contributed by atoms with Gasteiger partial charge in [-0.1, -0.05) is 32.0 Å². The molecule has 1 aromatic carbocycles. The first-order chi connectivity index (χ1) is 9.09. The minimum absolute atomic E-state index is 0. The van der Waals surface area contributed by atoms with Crippen LogP contribution in [0.5, 0.6) is 0 Å². The number of rotatable bonds is 3. The molecule has 0 spiro atoms. The van der Waals surface area contributed by atoms with E-state index in [2.05, 4.69) is 49.6 Å². The van der Waals surface area contributed by atoms with Crippen molar-refractivity contribution in [3.05, 3.63) is 29.3 Å². The molecular formula is C16H25ClN2O. The van der Waals surface area contributed by atoms with Gasteiger partial charge in [0, 0.05) is 12.2 Å². The van der Waals surface area contributed by atoms with E-state index in [1.54, 1.807) is 0 Å². The number of aryl methyl sites for hydroxylation is 1. The maximum atomic E-state index is 12.3. The molecule has 0 aromatic heterocycles. The van der Waals surface area contributed by atoms with Gasteiger partial charge in [-0.05, 0) is 43.4 Å². The van der Waals surface area contributed by atoms with Crippen LogP contribution in [0.25, 0.3) is 0 Å². The van der Waals surface area contributed by atoms with Gasteiger partial charge >= 0.3 is 0 Å². The molecule has 1 unspecified atom stereocenters. The molecule has 0 saturated carbocycles. The highest BCUT2D eigenvalue weighted by Gasteiger charge is 2.22. The number of carbonyl (C=O) groups is 1. The monoisotopic (exact) mass is 296 g/mol. The second-order valence-electron chi connectivity index (χ2n) is 5.73. The summed E-state index contributed by atoms with van der Waals surface area (Å²) in [5, 5.41) is 6.44. The van der Waals surface area contributed by atoms with Gasteiger partial charge in [-0.15, -0.1) is 12.4 Å². The zero-order valence-corrected chi connectivity index (χ0v) is 13.3. The number of hydrogen-bond acceptors (Lipinski definition) is 2. The quantitative estimate of drug-likeness (QED) is 0.896. The molecule has 1 saturated heterocycles. The van der Waals surface area contributed by atoms with Crippen LogP contribution in [0.2, 0.25) is 0 Å². The van der Waals surface area contributed by atoms with E-state index in [-0.39, 0.29) is 24.2 Å². The van der Waals surface area contributed by atoms with E-state index in [0.717, 1.165) is 37.2 Å². The molecule has 1 fully saturated rings. The zero-order chi connectivity index (χ0) is 13.8. The number of amides is 1. The van der Waals surface area contributed by atoms with Gasteiger partial charge in [0.15, 0.2) is 0 Å². The van der Waals surface area contributed by atoms with Gasteiger partial charge in [0.2, 0.25) is 5.91 Å². The van der Waals surface area contributed by atoms with E-state index in [0.29, 0.717) is 5.92 Å². The average Bonchev–Trinajstić information content (AvgIpc) is 2.41. The smallest absolute Gasteiger partial charge is 0.228 e. The molecule has 2 N–H and O–H groups in total. The number of benzene rings is 1. The Morgan fingerprint density at radius 2 is 2.15 bits per heavy atom. The molecule has 1 aromatic rings. The Hall–Kier alpha value is -1.06. The van der Waals surface area contributed by atoms with Crippen molar-refractivity contribution in [2.24, 2.45) is 5.92 Å². The minimum Gasteiger partial charge on any atom is -0.325 e. The molecular weight excluding hydrogens is 272 g/mol. The van der Waals surface area contributed by atoms with Crippen molar-refractivity contribution in [1.82, 2.24) is 5.32 Å². The van der Waals surface area contributed by atoms with Crippen molar-refractivity contribution in [3.63, 3.8) is 0 Å². The minimum atomic E-state index is 0. The van der Waals surface area contributed by atoms with E-state index in [1.165, 1.54) is 5.56 Å². The van der Waals surface area contributed by atoms with E-state index < -0.39 is 0 Å². The average molecular weight is 297 g/mol. The lowest BCUT2D eigenvalue weighted by atomic mass is 9.96. The van der Waals surface area contributed by atoms with Crippen LogP contribution in [-0.2, 0) is 4.79 Å². The molecule has 4 heteroatoms. The molecule has 1 amide bonds. The summed E-state index contributed by atoms with van der Waals surface area (Å²) in [6, 6.07) is 6.22. The third kappa shape index (κ3) is 3.97. The Morgan fingerprint density at radius 3 is 2.75 bits per heavy atom.